The van der Waals surface area contributed by atoms with Gasteiger partial charge >= 0.3 is 0 Å². The highest BCUT2D eigenvalue weighted by atomic mass is 32.2. The van der Waals surface area contributed by atoms with Crippen LogP contribution in [-0.2, 0) is 57.0 Å². The Morgan fingerprint density at radius 3 is 2.14 bits per heavy atom. The Morgan fingerprint density at radius 2 is 1.40 bits per heavy atom. The Hall–Kier alpha value is -9.47. The number of hydrogen-bond acceptors (Lipinski definition) is 15. The maximum atomic E-state index is 14.3. The smallest absolute Gasteiger partial charge is 0.294 e. The van der Waals surface area contributed by atoms with E-state index in [0.29, 0.717) is 88.6 Å². The van der Waals surface area contributed by atoms with Crippen LogP contribution in [0.1, 0.15) is 91.4 Å². The van der Waals surface area contributed by atoms with Crippen LogP contribution in [-0.4, -0.2) is 139 Å². The van der Waals surface area contributed by atoms with Gasteiger partial charge in [0.1, 0.15) is 30.1 Å². The van der Waals surface area contributed by atoms with Crippen molar-refractivity contribution in [2.24, 2.45) is 0 Å². The molecule has 10 rings (SSSR count). The summed E-state index contributed by atoms with van der Waals surface area (Å²) in [6, 6.07) is 46.0. The Bertz CT molecular complexity index is 4520. The van der Waals surface area contributed by atoms with E-state index < -0.39 is 25.0 Å². The molecule has 3 aliphatic rings. The maximum Gasteiger partial charge on any atom is 0.294 e. The minimum absolute atomic E-state index is 0.0354. The van der Waals surface area contributed by atoms with E-state index in [1.165, 1.54) is 12.1 Å². The Labute approximate surface area is 564 Å². The highest BCUT2D eigenvalue weighted by Gasteiger charge is 2.30. The SMILES string of the molecule is CCN(CC)c1ccc2c(-c3ccc(S(=O)(=O)O)cc3S(=O)(=O)NCCOCCOCCOCCn3cc(CNC(=O)CCC(=O)NC4CCCN(C(=O)c5ccc(NC(=O)c6ccccc6-c6ccccc6)cc5)c5ccccc54)nn3)c3ccc(=[N+](CC)CC)cc-3oc2c1. The van der Waals surface area contributed by atoms with E-state index in [2.05, 4.69) is 68.2 Å². The number of fused-ring (bicyclic) bond motifs is 3. The summed E-state index contributed by atoms with van der Waals surface area (Å²) in [5.74, 6) is -0.616. The zero-order chi connectivity index (χ0) is 68.5. The first-order valence-corrected chi connectivity index (χ1v) is 35.5. The number of aromatic nitrogens is 3. The van der Waals surface area contributed by atoms with E-state index in [-0.39, 0.29) is 99.1 Å². The molecule has 4 amide bonds. The van der Waals surface area contributed by atoms with E-state index in [1.807, 2.05) is 109 Å². The minimum atomic E-state index is -4.81. The number of benzene rings is 7. The van der Waals surface area contributed by atoms with Gasteiger partial charge < -0.3 is 44.4 Å². The molecule has 23 nitrogen and oxygen atoms in total. The highest BCUT2D eigenvalue weighted by molar-refractivity contribution is 7.89. The average Bonchev–Trinajstić information content (AvgIpc) is 1.16. The Balaban J connectivity index is 0.627. The molecule has 0 saturated carbocycles. The Kier molecular flexibility index (Phi) is 23.9. The van der Waals surface area contributed by atoms with Gasteiger partial charge in [-0.25, -0.2) is 22.4 Å². The van der Waals surface area contributed by atoms with Crippen LogP contribution in [0, 0.1) is 0 Å². The third kappa shape index (κ3) is 17.8. The summed E-state index contributed by atoms with van der Waals surface area (Å²) in [6.45, 7) is 13.1. The fourth-order valence-electron chi connectivity index (χ4n) is 11.9. The number of hydrogen-bond donors (Lipinski definition) is 5. The van der Waals surface area contributed by atoms with Crippen LogP contribution in [0.5, 0.6) is 0 Å². The highest BCUT2D eigenvalue weighted by Crippen LogP contribution is 2.44. The van der Waals surface area contributed by atoms with Gasteiger partial charge in [0, 0.05) is 101 Å². The normalized spacial score (nSPS) is 13.2. The first-order valence-electron chi connectivity index (χ1n) is 32.6. The molecule has 0 radical (unpaired) electrons. The molecule has 0 spiro atoms. The van der Waals surface area contributed by atoms with Crippen LogP contribution in [0.4, 0.5) is 17.1 Å². The first-order chi connectivity index (χ1) is 47.0. The van der Waals surface area contributed by atoms with Crippen LogP contribution in [0.3, 0.4) is 0 Å². The van der Waals surface area contributed by atoms with Crippen molar-refractivity contribution in [3.8, 4) is 33.6 Å². The van der Waals surface area contributed by atoms with Crippen molar-refractivity contribution in [2.75, 3.05) is 94.0 Å². The summed E-state index contributed by atoms with van der Waals surface area (Å²) in [4.78, 5) is 56.7. The van der Waals surface area contributed by atoms with Crippen LogP contribution in [0.15, 0.2) is 178 Å². The second-order valence-corrected chi connectivity index (χ2v) is 26.2. The lowest BCUT2D eigenvalue weighted by molar-refractivity contribution is -0.127. The molecule has 5 N–H and O–H groups in total. The molecule has 2 aliphatic heterocycles. The molecule has 1 aliphatic carbocycles. The minimum Gasteiger partial charge on any atom is -0.456 e. The number of para-hydroxylation sites is 1. The van der Waals surface area contributed by atoms with Crippen molar-refractivity contribution >= 4 is 71.8 Å². The molecule has 7 aromatic rings. The molecule has 0 fully saturated rings. The van der Waals surface area contributed by atoms with E-state index in [1.54, 1.807) is 46.1 Å². The number of ether oxygens (including phenoxy) is 3. The summed E-state index contributed by atoms with van der Waals surface area (Å²) >= 11 is 0. The number of anilines is 3. The fourth-order valence-corrected chi connectivity index (χ4v) is 13.7. The summed E-state index contributed by atoms with van der Waals surface area (Å²) in [6.07, 6.45) is 2.77. The lowest BCUT2D eigenvalue weighted by atomic mass is 9.93. The number of carbonyl (C=O) groups excluding carboxylic acids is 4. The molecule has 508 valence electrons. The van der Waals surface area contributed by atoms with Gasteiger partial charge in [-0.05, 0) is 124 Å². The Morgan fingerprint density at radius 1 is 0.711 bits per heavy atom. The van der Waals surface area contributed by atoms with Crippen LogP contribution < -0.4 is 40.4 Å². The largest absolute Gasteiger partial charge is 0.456 e. The number of nitrogens with zero attached hydrogens (tertiary/aromatic N) is 6. The molecule has 25 heteroatoms. The van der Waals surface area contributed by atoms with Crippen LogP contribution >= 0.6 is 0 Å². The first kappa shape index (κ1) is 70.3. The predicted octanol–water partition coefficient (Wildman–Crippen LogP) is 9.34. The van der Waals surface area contributed by atoms with E-state index in [9.17, 15) is 40.6 Å². The van der Waals surface area contributed by atoms with Gasteiger partial charge in [-0.2, -0.15) is 8.42 Å². The van der Waals surface area contributed by atoms with Crippen molar-refractivity contribution in [1.82, 2.24) is 34.9 Å². The predicted molar refractivity (Wildman–Crippen MR) is 371 cm³/mol. The number of carbonyl (C=O) groups is 4. The molecule has 0 saturated heterocycles. The summed E-state index contributed by atoms with van der Waals surface area (Å²) in [5.41, 5.74) is 7.98. The zero-order valence-corrected chi connectivity index (χ0v) is 56.4. The van der Waals surface area contributed by atoms with Crippen molar-refractivity contribution < 1.29 is 59.2 Å². The zero-order valence-electron chi connectivity index (χ0n) is 54.7. The number of amides is 4. The van der Waals surface area contributed by atoms with Crippen molar-refractivity contribution in [3.05, 3.63) is 192 Å². The molecular weight excluding hydrogens is 1280 g/mol. The molecule has 0 bridgehead atoms. The van der Waals surface area contributed by atoms with Gasteiger partial charge in [0.2, 0.25) is 27.2 Å². The van der Waals surface area contributed by atoms with Crippen molar-refractivity contribution in [2.45, 2.75) is 82.3 Å². The summed E-state index contributed by atoms with van der Waals surface area (Å²) in [7, 11) is -9.25. The number of rotatable bonds is 31. The topological polar surface area (TPSA) is 286 Å². The van der Waals surface area contributed by atoms with Crippen LogP contribution in [0.2, 0.25) is 0 Å². The molecule has 97 heavy (non-hydrogen) atoms. The molecule has 6 aromatic carbocycles. The van der Waals surface area contributed by atoms with E-state index in [4.69, 9.17) is 18.6 Å². The second-order valence-electron chi connectivity index (χ2n) is 23.0. The quantitative estimate of drug-likeness (QED) is 0.0117. The third-order valence-electron chi connectivity index (χ3n) is 16.8. The molecule has 1 atom stereocenters. The average molecular weight is 1360 g/mol. The van der Waals surface area contributed by atoms with Gasteiger partial charge in [-0.3, -0.25) is 23.7 Å². The molecular formula is C72H81N10O13S2+. The molecule has 3 heterocycles. The van der Waals surface area contributed by atoms with Gasteiger partial charge in [0.25, 0.3) is 21.9 Å². The number of nitrogens with one attached hydrogen (secondary N) is 4. The number of sulfonamides is 1. The van der Waals surface area contributed by atoms with Crippen molar-refractivity contribution in [3.63, 3.8) is 0 Å². The van der Waals surface area contributed by atoms with Gasteiger partial charge in [-0.15, -0.1) is 5.10 Å². The second kappa shape index (κ2) is 33.0. The van der Waals surface area contributed by atoms with Crippen LogP contribution in [0.25, 0.3) is 44.5 Å². The lowest BCUT2D eigenvalue weighted by Gasteiger charge is -2.24. The van der Waals surface area contributed by atoms with Gasteiger partial charge in [-0.1, -0.05) is 78.0 Å². The molecule has 1 aromatic heterocycles. The molecule has 1 unspecified atom stereocenters. The fraction of sp³-hybridized carbons (Fsp3) is 0.319. The standard InChI is InChI=1S/C72H80N10O13S2/c1-5-79(6-2)54-28-31-60-65(45-54)95-66-46-55(80(7-3)8-4)29-32-61(66)70(60)62-33-30-56(97(89,90)91)47-67(62)96(87,88)74-36-39-92-41-43-94-44-42-93-40-38-81-49-53(77-78-81)48-73-68(83)34-35-69(84)76-63-22-16-37-82(64-23-15-14-21-59(63)64)72(86)51-24-26-52(27-25-51)75-71(85)58-20-13-12-19-57(58)50-17-10-9-11-18-50/h9-15,17-21,23-33,45-47,49,63,74H,5-8,16,22,34-44,48H2,1-4H3,(H3-,73,75,76,83,84,85,86,89,90,91)/p+1. The van der Waals surface area contributed by atoms with Crippen molar-refractivity contribution in [1.29, 1.82) is 0 Å². The van der Waals surface area contributed by atoms with E-state index in [0.717, 1.165) is 60.0 Å². The van der Waals surface area contributed by atoms with Gasteiger partial charge in [0.05, 0.1) is 80.8 Å². The van der Waals surface area contributed by atoms with Gasteiger partial charge in [0.15, 0.2) is 0 Å². The summed E-state index contributed by atoms with van der Waals surface area (Å²) in [5, 5.41) is 18.6. The van der Waals surface area contributed by atoms with E-state index >= 15 is 0 Å². The third-order valence-corrected chi connectivity index (χ3v) is 19.2. The summed E-state index contributed by atoms with van der Waals surface area (Å²) < 4.78 is 93.5. The monoisotopic (exact) mass is 1360 g/mol. The maximum absolute atomic E-state index is 14.3. The lowest BCUT2D eigenvalue weighted by Crippen LogP contribution is -2.32.